The summed E-state index contributed by atoms with van der Waals surface area (Å²) < 4.78 is 21.1. The van der Waals surface area contributed by atoms with Gasteiger partial charge in [0.2, 0.25) is 5.91 Å². The van der Waals surface area contributed by atoms with E-state index >= 15 is 0 Å². The second-order valence-electron chi connectivity index (χ2n) is 5.81. The van der Waals surface area contributed by atoms with E-state index in [0.717, 1.165) is 16.7 Å². The Morgan fingerprint density at radius 1 is 0.926 bits per heavy atom. The third kappa shape index (κ3) is 5.17. The number of methoxy groups -OCH3 is 4. The van der Waals surface area contributed by atoms with Gasteiger partial charge in [-0.1, -0.05) is 6.07 Å². The molecule has 0 saturated carbocycles. The molecule has 0 aromatic heterocycles. The number of amides is 1. The number of nitrogens with one attached hydrogen (secondary N) is 1. The molecule has 0 spiro atoms. The molecule has 144 valence electrons. The summed E-state index contributed by atoms with van der Waals surface area (Å²) in [6.45, 7) is 2.31. The first-order valence-corrected chi connectivity index (χ1v) is 8.41. The Balaban J connectivity index is 2.02. The monoisotopic (exact) mass is 371 g/mol. The van der Waals surface area contributed by atoms with Crippen LogP contribution in [-0.2, 0) is 11.3 Å². The zero-order chi connectivity index (χ0) is 19.8. The summed E-state index contributed by atoms with van der Waals surface area (Å²) in [4.78, 5) is 12.1. The lowest BCUT2D eigenvalue weighted by Gasteiger charge is -2.11. The quantitative estimate of drug-likeness (QED) is 0.721. The Bertz CT molecular complexity index is 830. The molecule has 0 radical (unpaired) electrons. The molecule has 0 bridgehead atoms. The first kappa shape index (κ1) is 20.2. The normalized spacial score (nSPS) is 10.6. The van der Waals surface area contributed by atoms with Crippen LogP contribution in [-0.4, -0.2) is 34.3 Å². The second-order valence-corrected chi connectivity index (χ2v) is 5.81. The van der Waals surface area contributed by atoms with E-state index in [9.17, 15) is 4.79 Å². The van der Waals surface area contributed by atoms with Crippen LogP contribution in [0.3, 0.4) is 0 Å². The van der Waals surface area contributed by atoms with Gasteiger partial charge in [0.25, 0.3) is 0 Å². The molecular weight excluding hydrogens is 346 g/mol. The van der Waals surface area contributed by atoms with E-state index in [-0.39, 0.29) is 5.91 Å². The molecule has 0 heterocycles. The van der Waals surface area contributed by atoms with Gasteiger partial charge in [0.1, 0.15) is 0 Å². The summed E-state index contributed by atoms with van der Waals surface area (Å²) in [5.41, 5.74) is 2.70. The van der Waals surface area contributed by atoms with Crippen molar-refractivity contribution < 1.29 is 23.7 Å². The average Bonchev–Trinajstić information content (AvgIpc) is 2.69. The van der Waals surface area contributed by atoms with Gasteiger partial charge < -0.3 is 24.3 Å². The van der Waals surface area contributed by atoms with Crippen LogP contribution < -0.4 is 24.3 Å². The van der Waals surface area contributed by atoms with Crippen LogP contribution >= 0.6 is 0 Å². The number of rotatable bonds is 8. The van der Waals surface area contributed by atoms with Gasteiger partial charge in [0, 0.05) is 12.6 Å². The van der Waals surface area contributed by atoms with Crippen molar-refractivity contribution in [3.63, 3.8) is 0 Å². The summed E-state index contributed by atoms with van der Waals surface area (Å²) in [6, 6.07) is 9.27. The summed E-state index contributed by atoms with van der Waals surface area (Å²) in [6.07, 6.45) is 3.22. The van der Waals surface area contributed by atoms with Gasteiger partial charge in [-0.3, -0.25) is 4.79 Å². The standard InChI is InChI=1S/C21H25NO5/c1-14-10-15(11-19(26-4)21(14)27-5)7-9-20(23)22-13-16-6-8-17(24-2)18(12-16)25-3/h6-12H,13H2,1-5H3,(H,22,23)/b9-7+. The first-order chi connectivity index (χ1) is 13.0. The Hall–Kier alpha value is -3.15. The largest absolute Gasteiger partial charge is 0.493 e. The zero-order valence-corrected chi connectivity index (χ0v) is 16.3. The number of hydrogen-bond donors (Lipinski definition) is 1. The topological polar surface area (TPSA) is 66.0 Å². The van der Waals surface area contributed by atoms with Gasteiger partial charge >= 0.3 is 0 Å². The highest BCUT2D eigenvalue weighted by atomic mass is 16.5. The fourth-order valence-corrected chi connectivity index (χ4v) is 2.69. The first-order valence-electron chi connectivity index (χ1n) is 8.41. The van der Waals surface area contributed by atoms with Crippen LogP contribution in [0.2, 0.25) is 0 Å². The Kier molecular flexibility index (Phi) is 7.11. The van der Waals surface area contributed by atoms with Crippen molar-refractivity contribution in [3.05, 3.63) is 53.1 Å². The van der Waals surface area contributed by atoms with Crippen molar-refractivity contribution in [2.24, 2.45) is 0 Å². The molecule has 2 rings (SSSR count). The third-order valence-corrected chi connectivity index (χ3v) is 4.03. The van der Waals surface area contributed by atoms with Crippen molar-refractivity contribution in [1.29, 1.82) is 0 Å². The molecule has 2 aromatic carbocycles. The van der Waals surface area contributed by atoms with E-state index in [0.29, 0.717) is 29.5 Å². The molecule has 0 fully saturated rings. The molecule has 2 aromatic rings. The molecular formula is C21H25NO5. The predicted molar refractivity (Wildman–Crippen MR) is 105 cm³/mol. The SMILES string of the molecule is COc1ccc(CNC(=O)/C=C/c2cc(C)c(OC)c(OC)c2)cc1OC. The minimum atomic E-state index is -0.197. The maximum absolute atomic E-state index is 12.1. The van der Waals surface area contributed by atoms with Crippen molar-refractivity contribution >= 4 is 12.0 Å². The minimum absolute atomic E-state index is 0.197. The van der Waals surface area contributed by atoms with E-state index in [2.05, 4.69) is 5.32 Å². The van der Waals surface area contributed by atoms with Crippen molar-refractivity contribution in [2.45, 2.75) is 13.5 Å². The molecule has 27 heavy (non-hydrogen) atoms. The maximum atomic E-state index is 12.1. The van der Waals surface area contributed by atoms with E-state index in [4.69, 9.17) is 18.9 Å². The molecule has 0 saturated heterocycles. The highest BCUT2D eigenvalue weighted by molar-refractivity contribution is 5.91. The van der Waals surface area contributed by atoms with Gasteiger partial charge in [0.05, 0.1) is 28.4 Å². The number of aryl methyl sites for hydroxylation is 1. The smallest absolute Gasteiger partial charge is 0.244 e. The van der Waals surface area contributed by atoms with Gasteiger partial charge in [-0.05, 0) is 54.0 Å². The maximum Gasteiger partial charge on any atom is 0.244 e. The number of hydrogen-bond acceptors (Lipinski definition) is 5. The van der Waals surface area contributed by atoms with E-state index in [1.807, 2.05) is 37.3 Å². The molecule has 6 nitrogen and oxygen atoms in total. The molecule has 0 aliphatic carbocycles. The van der Waals surface area contributed by atoms with E-state index in [1.54, 1.807) is 34.5 Å². The van der Waals surface area contributed by atoms with Crippen molar-refractivity contribution in [2.75, 3.05) is 28.4 Å². The molecule has 1 amide bonds. The van der Waals surface area contributed by atoms with Crippen LogP contribution in [0.25, 0.3) is 6.08 Å². The number of carbonyl (C=O) groups excluding carboxylic acids is 1. The van der Waals surface area contributed by atoms with Crippen LogP contribution in [0.4, 0.5) is 0 Å². The molecule has 0 aliphatic rings. The van der Waals surface area contributed by atoms with Crippen molar-refractivity contribution in [3.8, 4) is 23.0 Å². The summed E-state index contributed by atoms with van der Waals surface area (Å²) in [5, 5.41) is 2.85. The minimum Gasteiger partial charge on any atom is -0.493 e. The Morgan fingerprint density at radius 3 is 2.26 bits per heavy atom. The number of carbonyl (C=O) groups is 1. The van der Waals surface area contributed by atoms with E-state index < -0.39 is 0 Å². The van der Waals surface area contributed by atoms with Crippen LogP contribution in [0.1, 0.15) is 16.7 Å². The van der Waals surface area contributed by atoms with Gasteiger partial charge in [-0.15, -0.1) is 0 Å². The summed E-state index contributed by atoms with van der Waals surface area (Å²) in [7, 11) is 6.34. The molecule has 6 heteroatoms. The fourth-order valence-electron chi connectivity index (χ4n) is 2.69. The molecule has 0 unspecified atom stereocenters. The number of ether oxygens (including phenoxy) is 4. The van der Waals surface area contributed by atoms with Crippen LogP contribution in [0.15, 0.2) is 36.4 Å². The Labute approximate surface area is 159 Å². The van der Waals surface area contributed by atoms with Crippen molar-refractivity contribution in [1.82, 2.24) is 5.32 Å². The highest BCUT2D eigenvalue weighted by Gasteiger charge is 2.08. The van der Waals surface area contributed by atoms with Gasteiger partial charge in [-0.2, -0.15) is 0 Å². The fraction of sp³-hybridized carbons (Fsp3) is 0.286. The molecule has 0 aliphatic heterocycles. The zero-order valence-electron chi connectivity index (χ0n) is 16.3. The number of benzene rings is 2. The predicted octanol–water partition coefficient (Wildman–Crippen LogP) is 3.36. The van der Waals surface area contributed by atoms with Crippen LogP contribution in [0.5, 0.6) is 23.0 Å². The van der Waals surface area contributed by atoms with Gasteiger partial charge in [-0.25, -0.2) is 0 Å². The highest BCUT2D eigenvalue weighted by Crippen LogP contribution is 2.32. The Morgan fingerprint density at radius 2 is 1.63 bits per heavy atom. The lowest BCUT2D eigenvalue weighted by atomic mass is 10.1. The second kappa shape index (κ2) is 9.52. The molecule has 1 N–H and O–H groups in total. The molecule has 0 atom stereocenters. The van der Waals surface area contributed by atoms with E-state index in [1.165, 1.54) is 6.08 Å². The average molecular weight is 371 g/mol. The lowest BCUT2D eigenvalue weighted by Crippen LogP contribution is -2.20. The van der Waals surface area contributed by atoms with Gasteiger partial charge in [0.15, 0.2) is 23.0 Å². The summed E-state index contributed by atoms with van der Waals surface area (Å²) >= 11 is 0. The lowest BCUT2D eigenvalue weighted by molar-refractivity contribution is -0.116. The third-order valence-electron chi connectivity index (χ3n) is 4.03. The van der Waals surface area contributed by atoms with Crippen LogP contribution in [0, 0.1) is 6.92 Å². The summed E-state index contributed by atoms with van der Waals surface area (Å²) in [5.74, 6) is 2.39.